The quantitative estimate of drug-likeness (QED) is 0.870. The number of fused-ring (bicyclic) bond motifs is 1. The molecule has 3 rings (SSSR count). The van der Waals surface area contributed by atoms with Gasteiger partial charge >= 0.3 is 0 Å². The predicted molar refractivity (Wildman–Crippen MR) is 94.6 cm³/mol. The highest BCUT2D eigenvalue weighted by Gasteiger charge is 2.14. The number of hydrogen-bond donors (Lipinski definition) is 1. The van der Waals surface area contributed by atoms with Crippen molar-refractivity contribution in [2.75, 3.05) is 32.1 Å². The number of aromatic nitrogens is 2. The molecule has 2 heterocycles. The molecule has 1 aliphatic heterocycles. The topological polar surface area (TPSA) is 76.6 Å². The molecule has 0 saturated carbocycles. The van der Waals surface area contributed by atoms with Gasteiger partial charge in [-0.05, 0) is 30.7 Å². The van der Waals surface area contributed by atoms with Crippen molar-refractivity contribution in [3.8, 4) is 11.5 Å². The average molecular weight is 342 g/mol. The van der Waals surface area contributed by atoms with Gasteiger partial charge in [-0.25, -0.2) is 0 Å². The van der Waals surface area contributed by atoms with Crippen LogP contribution in [0.2, 0.25) is 0 Å². The third-order valence-corrected chi connectivity index (χ3v) is 3.89. The molecule has 7 nitrogen and oxygen atoms in total. The second-order valence-electron chi connectivity index (χ2n) is 5.87. The molecular formula is C18H22N4O3. The number of nitrogens with zero attached hydrogens (tertiary/aromatic N) is 3. The zero-order valence-electron chi connectivity index (χ0n) is 14.5. The summed E-state index contributed by atoms with van der Waals surface area (Å²) in [4.78, 5) is 13.9. The van der Waals surface area contributed by atoms with Crippen LogP contribution in [0.25, 0.3) is 0 Å². The lowest BCUT2D eigenvalue weighted by atomic mass is 10.2. The Morgan fingerprint density at radius 3 is 2.68 bits per heavy atom. The van der Waals surface area contributed by atoms with Crippen molar-refractivity contribution in [1.82, 2.24) is 15.1 Å². The molecule has 7 heteroatoms. The number of carbonyl (C=O) groups is 1. The molecule has 0 unspecified atom stereocenters. The number of amides is 1. The number of rotatable bonds is 6. The van der Waals surface area contributed by atoms with E-state index in [1.807, 2.05) is 18.2 Å². The summed E-state index contributed by atoms with van der Waals surface area (Å²) in [5.74, 6) is 1.88. The minimum Gasteiger partial charge on any atom is -0.486 e. The molecule has 132 valence electrons. The fourth-order valence-corrected chi connectivity index (χ4v) is 2.47. The maximum Gasteiger partial charge on any atom is 0.274 e. The molecule has 0 fully saturated rings. The zero-order valence-corrected chi connectivity index (χ0v) is 14.5. The monoisotopic (exact) mass is 342 g/mol. The number of nitrogens with one attached hydrogen (secondary N) is 1. The van der Waals surface area contributed by atoms with Gasteiger partial charge in [0.25, 0.3) is 5.91 Å². The van der Waals surface area contributed by atoms with Gasteiger partial charge in [0.1, 0.15) is 13.2 Å². The lowest BCUT2D eigenvalue weighted by molar-refractivity contribution is 0.0786. The number of anilines is 2. The number of unbranched alkanes of at least 4 members (excludes halogenated alkanes) is 1. The van der Waals surface area contributed by atoms with Crippen molar-refractivity contribution in [3.05, 3.63) is 36.0 Å². The van der Waals surface area contributed by atoms with Gasteiger partial charge in [0.2, 0.25) is 0 Å². The van der Waals surface area contributed by atoms with E-state index in [1.165, 1.54) is 0 Å². The van der Waals surface area contributed by atoms with Crippen molar-refractivity contribution in [3.63, 3.8) is 0 Å². The van der Waals surface area contributed by atoms with Crippen LogP contribution in [0.3, 0.4) is 0 Å². The van der Waals surface area contributed by atoms with Crippen LogP contribution >= 0.6 is 0 Å². The molecule has 1 N–H and O–H groups in total. The van der Waals surface area contributed by atoms with Crippen LogP contribution in [0.1, 0.15) is 30.3 Å². The van der Waals surface area contributed by atoms with Gasteiger partial charge in [0.05, 0.1) is 0 Å². The smallest absolute Gasteiger partial charge is 0.274 e. The summed E-state index contributed by atoms with van der Waals surface area (Å²) in [6, 6.07) is 9.01. The molecule has 25 heavy (non-hydrogen) atoms. The normalized spacial score (nSPS) is 12.6. The standard InChI is InChI=1S/C18H22N4O3/c1-3-4-9-22(2)18(23)14-6-8-17(21-20-14)19-13-5-7-15-16(12-13)25-11-10-24-15/h5-8,12H,3-4,9-11H2,1-2H3,(H,19,21). The summed E-state index contributed by atoms with van der Waals surface area (Å²) in [5.41, 5.74) is 1.16. The summed E-state index contributed by atoms with van der Waals surface area (Å²) in [7, 11) is 1.78. The molecule has 0 radical (unpaired) electrons. The Bertz CT molecular complexity index is 734. The fraction of sp³-hybridized carbons (Fsp3) is 0.389. The molecule has 2 aromatic rings. The Hall–Kier alpha value is -2.83. The first-order valence-corrected chi connectivity index (χ1v) is 8.43. The van der Waals surface area contributed by atoms with Gasteiger partial charge < -0.3 is 19.7 Å². The predicted octanol–water partition coefficient (Wildman–Crippen LogP) is 2.86. The summed E-state index contributed by atoms with van der Waals surface area (Å²) in [6.45, 7) is 3.91. The van der Waals surface area contributed by atoms with Gasteiger partial charge in [-0.1, -0.05) is 13.3 Å². The van der Waals surface area contributed by atoms with Crippen LogP contribution in [0.5, 0.6) is 11.5 Å². The molecule has 0 bridgehead atoms. The van der Waals surface area contributed by atoms with E-state index in [1.54, 1.807) is 24.1 Å². The van der Waals surface area contributed by atoms with E-state index in [-0.39, 0.29) is 5.91 Å². The average Bonchev–Trinajstić information content (AvgIpc) is 2.66. The SMILES string of the molecule is CCCCN(C)C(=O)c1ccc(Nc2ccc3c(c2)OCCO3)nn1. The highest BCUT2D eigenvalue weighted by atomic mass is 16.6. The van der Waals surface area contributed by atoms with Crippen molar-refractivity contribution in [1.29, 1.82) is 0 Å². The van der Waals surface area contributed by atoms with E-state index in [0.29, 0.717) is 37.0 Å². The highest BCUT2D eigenvalue weighted by molar-refractivity contribution is 5.92. The van der Waals surface area contributed by atoms with Crippen LogP contribution < -0.4 is 14.8 Å². The van der Waals surface area contributed by atoms with E-state index < -0.39 is 0 Å². The number of hydrogen-bond acceptors (Lipinski definition) is 6. The minimum absolute atomic E-state index is 0.119. The van der Waals surface area contributed by atoms with Gasteiger partial charge in [-0.3, -0.25) is 4.79 Å². The lowest BCUT2D eigenvalue weighted by Crippen LogP contribution is -2.28. The maximum absolute atomic E-state index is 12.3. The first kappa shape index (κ1) is 17.0. The summed E-state index contributed by atoms with van der Waals surface area (Å²) < 4.78 is 11.1. The molecule has 1 aromatic carbocycles. The second-order valence-corrected chi connectivity index (χ2v) is 5.87. The van der Waals surface area contributed by atoms with Gasteiger partial charge in [-0.15, -0.1) is 10.2 Å². The summed E-state index contributed by atoms with van der Waals surface area (Å²) in [5, 5.41) is 11.3. The number of ether oxygens (including phenoxy) is 2. The molecule has 0 spiro atoms. The fourth-order valence-electron chi connectivity index (χ4n) is 2.47. The molecule has 1 aromatic heterocycles. The van der Waals surface area contributed by atoms with Crippen LogP contribution in [-0.4, -0.2) is 47.8 Å². The number of carbonyl (C=O) groups excluding carboxylic acids is 1. The van der Waals surface area contributed by atoms with E-state index in [2.05, 4.69) is 22.4 Å². The zero-order chi connectivity index (χ0) is 17.6. The van der Waals surface area contributed by atoms with Crippen LogP contribution in [-0.2, 0) is 0 Å². The Balaban J connectivity index is 1.65. The Morgan fingerprint density at radius 2 is 1.96 bits per heavy atom. The van der Waals surface area contributed by atoms with Gasteiger partial charge in [0, 0.05) is 25.3 Å². The first-order valence-electron chi connectivity index (χ1n) is 8.43. The Morgan fingerprint density at radius 1 is 1.16 bits per heavy atom. The van der Waals surface area contributed by atoms with Crippen LogP contribution in [0.4, 0.5) is 11.5 Å². The van der Waals surface area contributed by atoms with E-state index >= 15 is 0 Å². The van der Waals surface area contributed by atoms with Crippen LogP contribution in [0, 0.1) is 0 Å². The summed E-state index contributed by atoms with van der Waals surface area (Å²) in [6.07, 6.45) is 2.01. The molecule has 0 aliphatic carbocycles. The van der Waals surface area contributed by atoms with Gasteiger partial charge in [0.15, 0.2) is 23.0 Å². The largest absolute Gasteiger partial charge is 0.486 e. The van der Waals surface area contributed by atoms with E-state index in [0.717, 1.165) is 24.3 Å². The highest BCUT2D eigenvalue weighted by Crippen LogP contribution is 2.33. The molecular weight excluding hydrogens is 320 g/mol. The van der Waals surface area contributed by atoms with Gasteiger partial charge in [-0.2, -0.15) is 0 Å². The van der Waals surface area contributed by atoms with E-state index in [4.69, 9.17) is 9.47 Å². The maximum atomic E-state index is 12.3. The first-order chi connectivity index (χ1) is 12.2. The van der Waals surface area contributed by atoms with Crippen molar-refractivity contribution < 1.29 is 14.3 Å². The Kier molecular flexibility index (Phi) is 5.33. The minimum atomic E-state index is -0.119. The third kappa shape index (κ3) is 4.17. The second kappa shape index (κ2) is 7.83. The number of benzene rings is 1. The van der Waals surface area contributed by atoms with Crippen LogP contribution in [0.15, 0.2) is 30.3 Å². The Labute approximate surface area is 147 Å². The summed E-state index contributed by atoms with van der Waals surface area (Å²) >= 11 is 0. The van der Waals surface area contributed by atoms with Crippen molar-refractivity contribution in [2.45, 2.75) is 19.8 Å². The van der Waals surface area contributed by atoms with Crippen molar-refractivity contribution in [2.24, 2.45) is 0 Å². The third-order valence-electron chi connectivity index (χ3n) is 3.89. The van der Waals surface area contributed by atoms with Crippen molar-refractivity contribution >= 4 is 17.4 Å². The van der Waals surface area contributed by atoms with E-state index in [9.17, 15) is 4.79 Å². The molecule has 1 aliphatic rings. The lowest BCUT2D eigenvalue weighted by Gasteiger charge is -2.19. The molecule has 1 amide bonds. The molecule has 0 atom stereocenters. The molecule has 0 saturated heterocycles.